The number of methoxy groups -OCH3 is 1. The summed E-state index contributed by atoms with van der Waals surface area (Å²) in [5.74, 6) is 1.56. The van der Waals surface area contributed by atoms with Crippen molar-refractivity contribution in [2.75, 3.05) is 14.2 Å². The molecule has 0 aliphatic rings. The first-order valence-corrected chi connectivity index (χ1v) is 8.69. The largest absolute Gasteiger partial charge is 0.497 e. The predicted octanol–water partition coefficient (Wildman–Crippen LogP) is 3.94. The normalized spacial score (nSPS) is 10.7. The molecule has 0 atom stereocenters. The SMILES string of the molecule is COc1ccc(-c2noc(CN(C)C(=O)c3cc(C)c(C)cc3C)n2)cc1. The Hall–Kier alpha value is -3.15. The van der Waals surface area contributed by atoms with Gasteiger partial charge in [0.25, 0.3) is 5.91 Å². The molecule has 3 rings (SSSR count). The second-order valence-electron chi connectivity index (χ2n) is 6.65. The monoisotopic (exact) mass is 365 g/mol. The van der Waals surface area contributed by atoms with E-state index in [1.807, 2.05) is 57.2 Å². The number of ether oxygens (including phenoxy) is 1. The number of carbonyl (C=O) groups is 1. The van der Waals surface area contributed by atoms with Crippen molar-refractivity contribution in [3.05, 3.63) is 64.5 Å². The van der Waals surface area contributed by atoms with Crippen molar-refractivity contribution in [2.45, 2.75) is 27.3 Å². The van der Waals surface area contributed by atoms with Gasteiger partial charge in [0, 0.05) is 18.2 Å². The Balaban J connectivity index is 1.74. The molecule has 0 aliphatic heterocycles. The summed E-state index contributed by atoms with van der Waals surface area (Å²) in [5.41, 5.74) is 4.74. The summed E-state index contributed by atoms with van der Waals surface area (Å²) in [4.78, 5) is 18.8. The number of amides is 1. The second-order valence-corrected chi connectivity index (χ2v) is 6.65. The Labute approximate surface area is 158 Å². The van der Waals surface area contributed by atoms with Gasteiger partial charge in [0.1, 0.15) is 5.75 Å². The Morgan fingerprint density at radius 1 is 1.07 bits per heavy atom. The lowest BCUT2D eigenvalue weighted by molar-refractivity contribution is 0.0768. The van der Waals surface area contributed by atoms with Gasteiger partial charge in [-0.05, 0) is 67.8 Å². The summed E-state index contributed by atoms with van der Waals surface area (Å²) in [6, 6.07) is 11.4. The van der Waals surface area contributed by atoms with E-state index in [9.17, 15) is 4.79 Å². The maximum Gasteiger partial charge on any atom is 0.254 e. The number of carbonyl (C=O) groups excluding carboxylic acids is 1. The minimum absolute atomic E-state index is 0.0696. The van der Waals surface area contributed by atoms with Gasteiger partial charge in [-0.15, -0.1) is 0 Å². The van der Waals surface area contributed by atoms with Gasteiger partial charge in [-0.1, -0.05) is 11.2 Å². The van der Waals surface area contributed by atoms with Crippen molar-refractivity contribution >= 4 is 5.91 Å². The maximum absolute atomic E-state index is 12.8. The van der Waals surface area contributed by atoms with E-state index in [1.54, 1.807) is 19.1 Å². The van der Waals surface area contributed by atoms with E-state index in [0.717, 1.165) is 22.4 Å². The number of rotatable bonds is 5. The van der Waals surface area contributed by atoms with E-state index in [-0.39, 0.29) is 12.5 Å². The van der Waals surface area contributed by atoms with Crippen LogP contribution in [0.1, 0.15) is 32.9 Å². The predicted molar refractivity (Wildman–Crippen MR) is 103 cm³/mol. The molecule has 0 bridgehead atoms. The minimum atomic E-state index is -0.0696. The zero-order valence-corrected chi connectivity index (χ0v) is 16.2. The third-order valence-electron chi connectivity index (χ3n) is 4.61. The number of aromatic nitrogens is 2. The molecule has 0 saturated heterocycles. The van der Waals surface area contributed by atoms with Gasteiger partial charge in [0.05, 0.1) is 13.7 Å². The minimum Gasteiger partial charge on any atom is -0.497 e. The average molecular weight is 365 g/mol. The molecular weight excluding hydrogens is 342 g/mol. The number of hydrogen-bond donors (Lipinski definition) is 0. The number of benzene rings is 2. The molecule has 0 spiro atoms. The molecule has 6 nitrogen and oxygen atoms in total. The van der Waals surface area contributed by atoms with Crippen LogP contribution in [0.4, 0.5) is 0 Å². The van der Waals surface area contributed by atoms with Gasteiger partial charge in [-0.3, -0.25) is 4.79 Å². The summed E-state index contributed by atoms with van der Waals surface area (Å²) in [5, 5.41) is 4.01. The van der Waals surface area contributed by atoms with Crippen molar-refractivity contribution in [1.82, 2.24) is 15.0 Å². The molecule has 0 radical (unpaired) electrons. The number of aryl methyl sites for hydroxylation is 3. The van der Waals surface area contributed by atoms with Crippen LogP contribution >= 0.6 is 0 Å². The third kappa shape index (κ3) is 4.00. The highest BCUT2D eigenvalue weighted by molar-refractivity contribution is 5.95. The van der Waals surface area contributed by atoms with E-state index in [4.69, 9.17) is 9.26 Å². The van der Waals surface area contributed by atoms with E-state index >= 15 is 0 Å². The molecule has 0 unspecified atom stereocenters. The summed E-state index contributed by atoms with van der Waals surface area (Å²) in [6.45, 7) is 6.24. The molecule has 0 fully saturated rings. The first-order valence-electron chi connectivity index (χ1n) is 8.69. The number of nitrogens with zero attached hydrogens (tertiary/aromatic N) is 3. The fraction of sp³-hybridized carbons (Fsp3) is 0.286. The Bertz CT molecular complexity index is 961. The molecule has 1 heterocycles. The topological polar surface area (TPSA) is 68.5 Å². The molecule has 2 aromatic carbocycles. The lowest BCUT2D eigenvalue weighted by Crippen LogP contribution is -2.27. The molecule has 6 heteroatoms. The van der Waals surface area contributed by atoms with Crippen molar-refractivity contribution in [1.29, 1.82) is 0 Å². The van der Waals surface area contributed by atoms with Crippen LogP contribution in [0, 0.1) is 20.8 Å². The second kappa shape index (κ2) is 7.61. The molecular formula is C21H23N3O3. The van der Waals surface area contributed by atoms with Gasteiger partial charge >= 0.3 is 0 Å². The molecule has 1 amide bonds. The number of hydrogen-bond acceptors (Lipinski definition) is 5. The summed E-state index contributed by atoms with van der Waals surface area (Å²) >= 11 is 0. The standard InChI is InChI=1S/C21H23N3O3/c1-13-10-15(3)18(11-14(13)2)21(25)24(4)12-19-22-20(23-27-19)16-6-8-17(26-5)9-7-16/h6-11H,12H2,1-5H3. The average Bonchev–Trinajstić information content (AvgIpc) is 3.12. The fourth-order valence-corrected chi connectivity index (χ4v) is 2.85. The quantitative estimate of drug-likeness (QED) is 0.685. The van der Waals surface area contributed by atoms with Crippen molar-refractivity contribution in [3.63, 3.8) is 0 Å². The molecule has 0 aliphatic carbocycles. The smallest absolute Gasteiger partial charge is 0.254 e. The van der Waals surface area contributed by atoms with Crippen molar-refractivity contribution < 1.29 is 14.1 Å². The van der Waals surface area contributed by atoms with Gasteiger partial charge in [-0.25, -0.2) is 0 Å². The van der Waals surface area contributed by atoms with Crippen LogP contribution in [-0.4, -0.2) is 35.1 Å². The summed E-state index contributed by atoms with van der Waals surface area (Å²) in [6.07, 6.45) is 0. The van der Waals surface area contributed by atoms with Crippen LogP contribution in [0.5, 0.6) is 5.75 Å². The zero-order chi connectivity index (χ0) is 19.6. The van der Waals surface area contributed by atoms with Crippen LogP contribution in [0.3, 0.4) is 0 Å². The van der Waals surface area contributed by atoms with Crippen molar-refractivity contribution in [3.8, 4) is 17.1 Å². The van der Waals surface area contributed by atoms with Crippen LogP contribution in [0.25, 0.3) is 11.4 Å². The molecule has 0 saturated carbocycles. The highest BCUT2D eigenvalue weighted by Gasteiger charge is 2.18. The Kier molecular flexibility index (Phi) is 5.26. The summed E-state index contributed by atoms with van der Waals surface area (Å²) < 4.78 is 10.5. The first-order chi connectivity index (χ1) is 12.9. The van der Waals surface area contributed by atoms with Crippen LogP contribution < -0.4 is 4.74 Å². The van der Waals surface area contributed by atoms with Gasteiger partial charge in [-0.2, -0.15) is 4.98 Å². The van der Waals surface area contributed by atoms with Crippen LogP contribution in [-0.2, 0) is 6.54 Å². The Morgan fingerprint density at radius 2 is 1.74 bits per heavy atom. The molecule has 140 valence electrons. The Morgan fingerprint density at radius 3 is 2.41 bits per heavy atom. The lowest BCUT2D eigenvalue weighted by atomic mass is 10.00. The maximum atomic E-state index is 12.8. The highest BCUT2D eigenvalue weighted by atomic mass is 16.5. The molecule has 0 N–H and O–H groups in total. The lowest BCUT2D eigenvalue weighted by Gasteiger charge is -2.17. The molecule has 1 aromatic heterocycles. The van der Waals surface area contributed by atoms with Crippen LogP contribution in [0.15, 0.2) is 40.9 Å². The van der Waals surface area contributed by atoms with Gasteiger partial charge in [0.15, 0.2) is 0 Å². The zero-order valence-electron chi connectivity index (χ0n) is 16.2. The van der Waals surface area contributed by atoms with E-state index in [1.165, 1.54) is 5.56 Å². The van der Waals surface area contributed by atoms with Gasteiger partial charge < -0.3 is 14.2 Å². The fourth-order valence-electron chi connectivity index (χ4n) is 2.85. The van der Waals surface area contributed by atoms with Crippen LogP contribution in [0.2, 0.25) is 0 Å². The molecule has 3 aromatic rings. The van der Waals surface area contributed by atoms with E-state index in [2.05, 4.69) is 10.1 Å². The van der Waals surface area contributed by atoms with E-state index < -0.39 is 0 Å². The molecule has 27 heavy (non-hydrogen) atoms. The summed E-state index contributed by atoms with van der Waals surface area (Å²) in [7, 11) is 3.35. The third-order valence-corrected chi connectivity index (χ3v) is 4.61. The van der Waals surface area contributed by atoms with Gasteiger partial charge in [0.2, 0.25) is 11.7 Å². The first kappa shape index (κ1) is 18.6. The van der Waals surface area contributed by atoms with E-state index in [0.29, 0.717) is 17.3 Å². The van der Waals surface area contributed by atoms with Crippen molar-refractivity contribution in [2.24, 2.45) is 0 Å². The highest BCUT2D eigenvalue weighted by Crippen LogP contribution is 2.21.